The number of carboxylic acids is 1. The molecule has 1 aromatic heterocycles. The summed E-state index contributed by atoms with van der Waals surface area (Å²) in [6.45, 7) is 1.78. The molecule has 1 aliphatic rings. The van der Waals surface area contributed by atoms with E-state index in [2.05, 4.69) is 15.3 Å². The van der Waals surface area contributed by atoms with Crippen molar-refractivity contribution < 1.29 is 14.6 Å². The Morgan fingerprint density at radius 1 is 1.67 bits per heavy atom. The molecule has 1 saturated heterocycles. The van der Waals surface area contributed by atoms with E-state index >= 15 is 0 Å². The number of ether oxygens (including phenoxy) is 1. The zero-order chi connectivity index (χ0) is 10.7. The third-order valence-electron chi connectivity index (χ3n) is 2.22. The summed E-state index contributed by atoms with van der Waals surface area (Å²) in [5, 5.41) is 12.0. The minimum Gasteiger partial charge on any atom is -0.478 e. The number of hydrogen-bond acceptors (Lipinski definition) is 5. The average Bonchev–Trinajstić information content (AvgIpc) is 2.16. The molecule has 0 amide bonds. The Hall–Kier alpha value is -1.53. The van der Waals surface area contributed by atoms with Gasteiger partial charge in [-0.25, -0.2) is 14.8 Å². The third kappa shape index (κ3) is 2.28. The molecule has 1 fully saturated rings. The number of nitrogens with one attached hydrogen (secondary N) is 1. The minimum absolute atomic E-state index is 0.144. The van der Waals surface area contributed by atoms with Crippen LogP contribution in [0.5, 0.6) is 0 Å². The van der Waals surface area contributed by atoms with Crippen LogP contribution in [0.4, 0.5) is 0 Å². The smallest absolute Gasteiger partial charge is 0.339 e. The topological polar surface area (TPSA) is 84.3 Å². The molecule has 6 nitrogen and oxygen atoms in total. The van der Waals surface area contributed by atoms with E-state index in [-0.39, 0.29) is 5.56 Å². The second kappa shape index (κ2) is 4.33. The van der Waals surface area contributed by atoms with Crippen LogP contribution in [0.3, 0.4) is 0 Å². The van der Waals surface area contributed by atoms with Crippen LogP contribution in [0.2, 0.25) is 0 Å². The van der Waals surface area contributed by atoms with Crippen molar-refractivity contribution in [2.45, 2.75) is 12.6 Å². The highest BCUT2D eigenvalue weighted by molar-refractivity contribution is 5.88. The molecule has 6 heteroatoms. The highest BCUT2D eigenvalue weighted by Crippen LogP contribution is 2.05. The molecule has 0 spiro atoms. The number of carboxylic acid groups (broad SMARTS) is 1. The van der Waals surface area contributed by atoms with Gasteiger partial charge >= 0.3 is 5.97 Å². The molecular weight excluding hydrogens is 198 g/mol. The molecule has 0 bridgehead atoms. The lowest BCUT2D eigenvalue weighted by Crippen LogP contribution is -2.45. The number of aromatic carboxylic acids is 1. The Kier molecular flexibility index (Phi) is 2.89. The molecule has 0 aliphatic carbocycles. The van der Waals surface area contributed by atoms with Gasteiger partial charge in [0.25, 0.3) is 0 Å². The van der Waals surface area contributed by atoms with Crippen LogP contribution >= 0.6 is 0 Å². The lowest BCUT2D eigenvalue weighted by Gasteiger charge is -2.26. The first-order valence-electron chi connectivity index (χ1n) is 4.60. The highest BCUT2D eigenvalue weighted by atomic mass is 16.5. The standard InChI is InChI=1S/C9H11N3O3/c13-9(14)7-1-10-5-12-8(7)2-11-6-3-15-4-6/h1,5-6,11H,2-4H2,(H,13,14). The summed E-state index contributed by atoms with van der Waals surface area (Å²) in [7, 11) is 0. The number of carbonyl (C=O) groups is 1. The van der Waals surface area contributed by atoms with Crippen LogP contribution in [-0.4, -0.2) is 40.3 Å². The molecular formula is C9H11N3O3. The summed E-state index contributed by atoms with van der Waals surface area (Å²) >= 11 is 0. The van der Waals surface area contributed by atoms with Crippen molar-refractivity contribution in [2.24, 2.45) is 0 Å². The molecule has 0 atom stereocenters. The number of nitrogens with zero attached hydrogens (tertiary/aromatic N) is 2. The van der Waals surface area contributed by atoms with Gasteiger partial charge in [0.05, 0.1) is 24.9 Å². The fourth-order valence-electron chi connectivity index (χ4n) is 1.27. The number of hydrogen-bond donors (Lipinski definition) is 2. The van der Waals surface area contributed by atoms with Gasteiger partial charge in [0, 0.05) is 12.7 Å². The van der Waals surface area contributed by atoms with Crippen molar-refractivity contribution in [1.29, 1.82) is 0 Å². The SMILES string of the molecule is O=C(O)c1cncnc1CNC1COC1. The maximum atomic E-state index is 10.8. The summed E-state index contributed by atoms with van der Waals surface area (Å²) in [5.74, 6) is -1.00. The van der Waals surface area contributed by atoms with E-state index in [0.717, 1.165) is 0 Å². The van der Waals surface area contributed by atoms with Crippen molar-refractivity contribution in [2.75, 3.05) is 13.2 Å². The first-order valence-corrected chi connectivity index (χ1v) is 4.60. The van der Waals surface area contributed by atoms with E-state index in [1.807, 2.05) is 0 Å². The van der Waals surface area contributed by atoms with E-state index < -0.39 is 5.97 Å². The Morgan fingerprint density at radius 2 is 2.47 bits per heavy atom. The first-order chi connectivity index (χ1) is 7.27. The number of aromatic nitrogens is 2. The van der Waals surface area contributed by atoms with Crippen molar-refractivity contribution in [3.05, 3.63) is 23.8 Å². The average molecular weight is 209 g/mol. The van der Waals surface area contributed by atoms with E-state index in [4.69, 9.17) is 9.84 Å². The quantitative estimate of drug-likeness (QED) is 0.706. The fourth-order valence-corrected chi connectivity index (χ4v) is 1.27. The monoisotopic (exact) mass is 209 g/mol. The summed E-state index contributed by atoms with van der Waals surface area (Å²) in [6.07, 6.45) is 2.66. The Labute approximate surface area is 86.3 Å². The normalized spacial score (nSPS) is 16.0. The van der Waals surface area contributed by atoms with Crippen molar-refractivity contribution in [1.82, 2.24) is 15.3 Å². The molecule has 0 saturated carbocycles. The summed E-state index contributed by atoms with van der Waals surface area (Å²) < 4.78 is 4.99. The third-order valence-corrected chi connectivity index (χ3v) is 2.22. The molecule has 0 aromatic carbocycles. The van der Waals surface area contributed by atoms with Crippen molar-refractivity contribution >= 4 is 5.97 Å². The zero-order valence-corrected chi connectivity index (χ0v) is 8.01. The van der Waals surface area contributed by atoms with Crippen LogP contribution in [0.15, 0.2) is 12.5 Å². The van der Waals surface area contributed by atoms with E-state index in [1.165, 1.54) is 12.5 Å². The maximum Gasteiger partial charge on any atom is 0.339 e. The van der Waals surface area contributed by atoms with Gasteiger partial charge in [-0.1, -0.05) is 0 Å². The molecule has 2 heterocycles. The highest BCUT2D eigenvalue weighted by Gasteiger charge is 2.19. The van der Waals surface area contributed by atoms with Crippen LogP contribution in [0.25, 0.3) is 0 Å². The second-order valence-electron chi connectivity index (χ2n) is 3.30. The van der Waals surface area contributed by atoms with Gasteiger partial charge in [0.15, 0.2) is 0 Å². The molecule has 2 N–H and O–H groups in total. The Balaban J connectivity index is 2.02. The predicted molar refractivity (Wildman–Crippen MR) is 50.4 cm³/mol. The van der Waals surface area contributed by atoms with Crippen molar-refractivity contribution in [3.8, 4) is 0 Å². The molecule has 15 heavy (non-hydrogen) atoms. The molecule has 80 valence electrons. The Bertz CT molecular complexity index is 365. The zero-order valence-electron chi connectivity index (χ0n) is 8.01. The summed E-state index contributed by atoms with van der Waals surface area (Å²) in [5.41, 5.74) is 0.648. The molecule has 1 aromatic rings. The molecule has 0 radical (unpaired) electrons. The number of rotatable bonds is 4. The first kappa shape index (κ1) is 10.0. The summed E-state index contributed by atoms with van der Waals surface area (Å²) in [4.78, 5) is 18.4. The lowest BCUT2D eigenvalue weighted by molar-refractivity contribution is -0.00594. The van der Waals surface area contributed by atoms with Gasteiger partial charge in [0.1, 0.15) is 11.9 Å². The van der Waals surface area contributed by atoms with Gasteiger partial charge in [-0.05, 0) is 0 Å². The van der Waals surface area contributed by atoms with E-state index in [1.54, 1.807) is 0 Å². The van der Waals surface area contributed by atoms with Crippen LogP contribution in [0, 0.1) is 0 Å². The molecule has 1 aliphatic heterocycles. The maximum absolute atomic E-state index is 10.8. The van der Waals surface area contributed by atoms with Gasteiger partial charge in [-0.3, -0.25) is 0 Å². The van der Waals surface area contributed by atoms with E-state index in [9.17, 15) is 4.79 Å². The summed E-state index contributed by atoms with van der Waals surface area (Å²) in [6, 6.07) is 0.307. The van der Waals surface area contributed by atoms with Gasteiger partial charge in [-0.15, -0.1) is 0 Å². The van der Waals surface area contributed by atoms with Gasteiger partial charge in [0.2, 0.25) is 0 Å². The fraction of sp³-hybridized carbons (Fsp3) is 0.444. The van der Waals surface area contributed by atoms with Gasteiger partial charge < -0.3 is 15.2 Å². The molecule has 0 unspecified atom stereocenters. The predicted octanol–water partition coefficient (Wildman–Crippen LogP) is -0.337. The van der Waals surface area contributed by atoms with Crippen LogP contribution in [0.1, 0.15) is 16.1 Å². The second-order valence-corrected chi connectivity index (χ2v) is 3.30. The van der Waals surface area contributed by atoms with Crippen molar-refractivity contribution in [3.63, 3.8) is 0 Å². The minimum atomic E-state index is -1.00. The Morgan fingerprint density at radius 3 is 3.07 bits per heavy atom. The van der Waals surface area contributed by atoms with Gasteiger partial charge in [-0.2, -0.15) is 0 Å². The van der Waals surface area contributed by atoms with Crippen LogP contribution < -0.4 is 5.32 Å². The largest absolute Gasteiger partial charge is 0.478 e. The van der Waals surface area contributed by atoms with Crippen LogP contribution in [-0.2, 0) is 11.3 Å². The lowest BCUT2D eigenvalue weighted by atomic mass is 10.2. The van der Waals surface area contributed by atoms with E-state index in [0.29, 0.717) is 31.5 Å². The molecule has 2 rings (SSSR count).